The molecule has 2 aliphatic rings. The fraction of sp³-hybridized carbons (Fsp3) is 0.692. The number of hydrogen-bond acceptors (Lipinski definition) is 4. The second kappa shape index (κ2) is 8.78. The van der Waals surface area contributed by atoms with Gasteiger partial charge in [-0.1, -0.05) is 91.5 Å². The Morgan fingerprint density at radius 1 is 0.971 bits per heavy atom. The highest BCUT2D eigenvalue weighted by Crippen LogP contribution is 2.47. The number of nitrogens with zero attached hydrogens (tertiary/aromatic N) is 2. The lowest BCUT2D eigenvalue weighted by Gasteiger charge is -2.61. The number of rotatable bonds is 6. The topological polar surface area (TPSA) is 59.1 Å². The molecule has 1 aromatic carbocycles. The third kappa shape index (κ3) is 4.86. The standard InChI is InChI=1S/C26H44N2O4Si2/c1-25(2,3)22(32-34(10,11)26(4,5)6)20-21(23(29)28(20)33(7,8)9)27-19(17-31-24(27)30)18-15-13-12-14-16-18/h12-16,19-22H,17H2,1-11H3/t19-,20+,21-,22-/m1/s1. The maximum absolute atomic E-state index is 13.8. The summed E-state index contributed by atoms with van der Waals surface area (Å²) in [5, 5.41) is 0.0306. The Kier molecular flexibility index (Phi) is 6.96. The zero-order chi connectivity index (χ0) is 25.9. The van der Waals surface area contributed by atoms with Gasteiger partial charge in [-0.05, 0) is 29.1 Å². The molecule has 0 unspecified atom stereocenters. The van der Waals surface area contributed by atoms with E-state index in [-0.39, 0.29) is 41.2 Å². The first-order valence-corrected chi connectivity index (χ1v) is 18.7. The van der Waals surface area contributed by atoms with Crippen molar-refractivity contribution in [3.05, 3.63) is 35.9 Å². The summed E-state index contributed by atoms with van der Waals surface area (Å²) in [6.07, 6.45) is -0.611. The van der Waals surface area contributed by atoms with Crippen LogP contribution in [-0.2, 0) is 14.0 Å². The van der Waals surface area contributed by atoms with Crippen LogP contribution in [0.15, 0.2) is 30.3 Å². The number of carbonyl (C=O) groups is 2. The molecule has 6 nitrogen and oxygen atoms in total. The molecule has 3 rings (SSSR count). The highest BCUT2D eigenvalue weighted by atomic mass is 28.4. The van der Waals surface area contributed by atoms with Crippen molar-refractivity contribution in [1.82, 2.24) is 9.47 Å². The van der Waals surface area contributed by atoms with Crippen LogP contribution in [0.4, 0.5) is 4.79 Å². The monoisotopic (exact) mass is 504 g/mol. The lowest BCUT2D eigenvalue weighted by atomic mass is 9.78. The summed E-state index contributed by atoms with van der Waals surface area (Å²) >= 11 is 0. The lowest BCUT2D eigenvalue weighted by molar-refractivity contribution is -0.160. The van der Waals surface area contributed by atoms with Crippen molar-refractivity contribution in [3.63, 3.8) is 0 Å². The van der Waals surface area contributed by atoms with Crippen molar-refractivity contribution >= 4 is 28.6 Å². The Balaban J connectivity index is 2.09. The van der Waals surface area contributed by atoms with Crippen LogP contribution in [0.5, 0.6) is 0 Å². The molecule has 1 aromatic rings. The molecule has 2 amide bonds. The van der Waals surface area contributed by atoms with E-state index in [0.29, 0.717) is 0 Å². The summed E-state index contributed by atoms with van der Waals surface area (Å²) < 4.78 is 14.7. The number of β-lactam (4-membered cyclic amide) rings is 1. The zero-order valence-corrected chi connectivity index (χ0v) is 24.9. The van der Waals surface area contributed by atoms with Gasteiger partial charge in [0.25, 0.3) is 0 Å². The van der Waals surface area contributed by atoms with Gasteiger partial charge in [0.1, 0.15) is 12.6 Å². The van der Waals surface area contributed by atoms with Crippen LogP contribution >= 0.6 is 0 Å². The molecule has 2 aliphatic heterocycles. The number of hydrogen-bond donors (Lipinski definition) is 0. The fourth-order valence-electron chi connectivity index (χ4n) is 4.78. The quantitative estimate of drug-likeness (QED) is 0.350. The number of ether oxygens (including phenoxy) is 1. The van der Waals surface area contributed by atoms with Gasteiger partial charge in [0.05, 0.1) is 18.2 Å². The van der Waals surface area contributed by atoms with Crippen LogP contribution in [0.1, 0.15) is 53.1 Å². The minimum atomic E-state index is -2.16. The van der Waals surface area contributed by atoms with Crippen molar-refractivity contribution in [2.75, 3.05) is 6.61 Å². The SMILES string of the molecule is CC(C)(C)[C@H](O[Si](C)(C)C(C)(C)C)[C@@H]1[C@@H](N2C(=O)OC[C@@H]2c2ccccc2)C(=O)N1[Si](C)(C)C. The van der Waals surface area contributed by atoms with Gasteiger partial charge >= 0.3 is 6.09 Å². The lowest BCUT2D eigenvalue weighted by Crippen LogP contribution is -2.81. The fourth-order valence-corrected chi connectivity index (χ4v) is 8.23. The van der Waals surface area contributed by atoms with Crippen LogP contribution in [0.25, 0.3) is 0 Å². The average molecular weight is 505 g/mol. The molecule has 190 valence electrons. The van der Waals surface area contributed by atoms with Crippen molar-refractivity contribution < 1.29 is 18.8 Å². The first kappa shape index (κ1) is 26.9. The van der Waals surface area contributed by atoms with Crippen LogP contribution in [-0.4, -0.2) is 62.8 Å². The van der Waals surface area contributed by atoms with Gasteiger partial charge in [0, 0.05) is 0 Å². The van der Waals surface area contributed by atoms with Crippen LogP contribution in [0.2, 0.25) is 37.8 Å². The Morgan fingerprint density at radius 3 is 2.00 bits per heavy atom. The van der Waals surface area contributed by atoms with E-state index in [9.17, 15) is 9.59 Å². The minimum Gasteiger partial charge on any atom is -0.447 e. The van der Waals surface area contributed by atoms with Gasteiger partial charge in [-0.15, -0.1) is 0 Å². The van der Waals surface area contributed by atoms with E-state index in [4.69, 9.17) is 9.16 Å². The predicted octanol–water partition coefficient (Wildman–Crippen LogP) is 6.03. The second-order valence-electron chi connectivity index (χ2n) is 13.4. The van der Waals surface area contributed by atoms with Gasteiger partial charge in [0.2, 0.25) is 5.91 Å². The molecule has 0 radical (unpaired) electrons. The molecule has 0 N–H and O–H groups in total. The van der Waals surface area contributed by atoms with Crippen molar-refractivity contribution in [2.24, 2.45) is 5.41 Å². The normalized spacial score (nSPS) is 25.3. The number of carbonyl (C=O) groups excluding carboxylic acids is 2. The van der Waals surface area contributed by atoms with Crippen LogP contribution < -0.4 is 0 Å². The van der Waals surface area contributed by atoms with E-state index in [1.54, 1.807) is 4.90 Å². The van der Waals surface area contributed by atoms with Gasteiger partial charge < -0.3 is 13.7 Å². The number of cyclic esters (lactones) is 1. The molecule has 2 heterocycles. The van der Waals surface area contributed by atoms with Gasteiger partial charge in [0.15, 0.2) is 16.6 Å². The highest BCUT2D eigenvalue weighted by molar-refractivity contribution is 6.76. The van der Waals surface area contributed by atoms with Crippen LogP contribution in [0.3, 0.4) is 0 Å². The first-order valence-electron chi connectivity index (χ1n) is 12.4. The second-order valence-corrected chi connectivity index (χ2v) is 23.0. The Hall–Kier alpha value is -1.65. The molecule has 2 fully saturated rings. The van der Waals surface area contributed by atoms with Gasteiger partial charge in [-0.3, -0.25) is 9.69 Å². The molecular formula is C26H44N2O4Si2. The van der Waals surface area contributed by atoms with E-state index in [0.717, 1.165) is 5.56 Å². The zero-order valence-electron chi connectivity index (χ0n) is 22.9. The smallest absolute Gasteiger partial charge is 0.411 e. The molecule has 34 heavy (non-hydrogen) atoms. The summed E-state index contributed by atoms with van der Waals surface area (Å²) in [5.41, 5.74) is 0.770. The summed E-state index contributed by atoms with van der Waals surface area (Å²) in [6, 6.07) is 8.82. The third-order valence-electron chi connectivity index (χ3n) is 7.62. The largest absolute Gasteiger partial charge is 0.447 e. The molecule has 0 bridgehead atoms. The molecule has 8 heteroatoms. The molecule has 0 aliphatic carbocycles. The first-order chi connectivity index (χ1) is 15.4. The molecule has 0 aromatic heterocycles. The molecule has 2 saturated heterocycles. The molecule has 0 saturated carbocycles. The highest BCUT2D eigenvalue weighted by Gasteiger charge is 2.63. The third-order valence-corrected chi connectivity index (χ3v) is 14.0. The summed E-state index contributed by atoms with van der Waals surface area (Å²) in [4.78, 5) is 28.6. The minimum absolute atomic E-state index is 0.0250. The van der Waals surface area contributed by atoms with Crippen LogP contribution in [0, 0.1) is 5.41 Å². The van der Waals surface area contributed by atoms with Gasteiger partial charge in [-0.2, -0.15) is 0 Å². The number of amides is 2. The summed E-state index contributed by atoms with van der Waals surface area (Å²) in [6.45, 7) is 24.6. The van der Waals surface area contributed by atoms with Crippen molar-refractivity contribution in [1.29, 1.82) is 0 Å². The Labute approximate surface area is 208 Å². The predicted molar refractivity (Wildman–Crippen MR) is 142 cm³/mol. The van der Waals surface area contributed by atoms with E-state index in [1.807, 2.05) is 30.3 Å². The van der Waals surface area contributed by atoms with Gasteiger partial charge in [-0.25, -0.2) is 4.79 Å². The molecule has 4 atom stereocenters. The molecular weight excluding hydrogens is 460 g/mol. The number of benzene rings is 1. The van der Waals surface area contributed by atoms with Crippen molar-refractivity contribution in [3.8, 4) is 0 Å². The van der Waals surface area contributed by atoms with E-state index >= 15 is 0 Å². The average Bonchev–Trinajstić information content (AvgIpc) is 3.03. The van der Waals surface area contributed by atoms with Crippen molar-refractivity contribution in [2.45, 2.75) is 104 Å². The maximum atomic E-state index is 13.8. The summed E-state index contributed by atoms with van der Waals surface area (Å²) in [5.74, 6) is 0.0250. The van der Waals surface area contributed by atoms with E-state index < -0.39 is 28.7 Å². The van der Waals surface area contributed by atoms with E-state index in [2.05, 4.69) is 78.8 Å². The maximum Gasteiger partial charge on any atom is 0.411 e. The Bertz CT molecular complexity index is 915. The van der Waals surface area contributed by atoms with E-state index in [1.165, 1.54) is 0 Å². The summed E-state index contributed by atoms with van der Waals surface area (Å²) in [7, 11) is -4.20. The molecule has 0 spiro atoms. The Morgan fingerprint density at radius 2 is 1.53 bits per heavy atom.